The van der Waals surface area contributed by atoms with Crippen molar-refractivity contribution in [2.75, 3.05) is 33.2 Å². The van der Waals surface area contributed by atoms with Gasteiger partial charge in [0.15, 0.2) is 0 Å². The Morgan fingerprint density at radius 3 is 2.55 bits per heavy atom. The van der Waals surface area contributed by atoms with E-state index in [0.717, 1.165) is 13.1 Å². The number of nitrogens with one attached hydrogen (secondary N) is 1. The van der Waals surface area contributed by atoms with Crippen molar-refractivity contribution in [3.8, 4) is 0 Å². The summed E-state index contributed by atoms with van der Waals surface area (Å²) in [5.74, 6) is 0. The van der Waals surface area contributed by atoms with Gasteiger partial charge in [-0.2, -0.15) is 0 Å². The number of likely N-dealkylation sites (N-methyl/N-ethyl adjacent to an activating group) is 1. The van der Waals surface area contributed by atoms with Gasteiger partial charge in [0.05, 0.1) is 4.90 Å². The van der Waals surface area contributed by atoms with Crippen LogP contribution in [0.25, 0.3) is 0 Å². The van der Waals surface area contributed by atoms with E-state index in [0.29, 0.717) is 18.7 Å². The molecule has 0 spiro atoms. The molecular formula is C12H18N4O2S2. The highest BCUT2D eigenvalue weighted by Crippen LogP contribution is 2.12. The molecule has 0 radical (unpaired) electrons. The first kappa shape index (κ1) is 15.3. The number of sulfonamides is 1. The summed E-state index contributed by atoms with van der Waals surface area (Å²) in [6.07, 6.45) is 0. The lowest BCUT2D eigenvalue weighted by molar-refractivity contribution is 0.135. The number of nitrogens with zero attached hydrogens (tertiary/aromatic N) is 2. The standard InChI is InChI=1S/C12H18N4O2S2/c1-15-5-7-16(8-6-15)14-20(17,18)11-4-2-3-10(9-11)12(13)19/h2-4,9,14H,5-8H2,1H3,(H2,13,19). The fourth-order valence-corrected chi connectivity index (χ4v) is 3.23. The Balaban J connectivity index is 2.14. The van der Waals surface area contributed by atoms with Gasteiger partial charge in [0.2, 0.25) is 0 Å². The lowest BCUT2D eigenvalue weighted by Gasteiger charge is -2.32. The average Bonchev–Trinajstić information content (AvgIpc) is 2.41. The molecule has 1 heterocycles. The van der Waals surface area contributed by atoms with E-state index in [1.54, 1.807) is 17.1 Å². The SMILES string of the molecule is CN1CCN(NS(=O)(=O)c2cccc(C(N)=S)c2)CC1. The Morgan fingerprint density at radius 2 is 1.95 bits per heavy atom. The molecule has 0 amide bonds. The third-order valence-corrected chi connectivity index (χ3v) is 4.79. The zero-order chi connectivity index (χ0) is 14.8. The number of nitrogens with two attached hydrogens (primary N) is 1. The average molecular weight is 314 g/mol. The predicted octanol–water partition coefficient (Wildman–Crippen LogP) is -0.238. The Hall–Kier alpha value is -1.06. The molecule has 110 valence electrons. The maximum atomic E-state index is 12.3. The lowest BCUT2D eigenvalue weighted by Crippen LogP contribution is -2.52. The number of thiocarbonyl (C=S) groups is 1. The van der Waals surface area contributed by atoms with E-state index < -0.39 is 10.0 Å². The molecule has 1 aliphatic rings. The number of piperazine rings is 1. The second kappa shape index (κ2) is 6.15. The van der Waals surface area contributed by atoms with Crippen molar-refractivity contribution in [1.29, 1.82) is 0 Å². The van der Waals surface area contributed by atoms with Crippen LogP contribution in [-0.2, 0) is 10.0 Å². The third kappa shape index (κ3) is 3.74. The highest BCUT2D eigenvalue weighted by atomic mass is 32.2. The first-order valence-electron chi connectivity index (χ1n) is 6.24. The number of benzene rings is 1. The van der Waals surface area contributed by atoms with Crippen LogP contribution in [0.4, 0.5) is 0 Å². The molecule has 0 aromatic heterocycles. The van der Waals surface area contributed by atoms with E-state index >= 15 is 0 Å². The lowest BCUT2D eigenvalue weighted by atomic mass is 10.2. The molecule has 1 aromatic rings. The summed E-state index contributed by atoms with van der Waals surface area (Å²) in [6, 6.07) is 6.34. The van der Waals surface area contributed by atoms with Crippen molar-refractivity contribution in [2.45, 2.75) is 4.90 Å². The van der Waals surface area contributed by atoms with Gasteiger partial charge in [0.25, 0.3) is 10.0 Å². The summed E-state index contributed by atoms with van der Waals surface area (Å²) in [6.45, 7) is 2.97. The summed E-state index contributed by atoms with van der Waals surface area (Å²) < 4.78 is 24.6. The van der Waals surface area contributed by atoms with Crippen molar-refractivity contribution in [3.63, 3.8) is 0 Å². The number of hydrogen-bond donors (Lipinski definition) is 2. The molecule has 2 rings (SSSR count). The van der Waals surface area contributed by atoms with Gasteiger partial charge in [-0.25, -0.2) is 13.4 Å². The van der Waals surface area contributed by atoms with Crippen molar-refractivity contribution in [3.05, 3.63) is 29.8 Å². The minimum absolute atomic E-state index is 0.168. The molecule has 0 atom stereocenters. The third-order valence-electron chi connectivity index (χ3n) is 3.18. The van der Waals surface area contributed by atoms with Crippen LogP contribution < -0.4 is 10.6 Å². The first-order chi connectivity index (χ1) is 9.38. The second-order valence-electron chi connectivity index (χ2n) is 4.78. The predicted molar refractivity (Wildman–Crippen MR) is 81.7 cm³/mol. The largest absolute Gasteiger partial charge is 0.389 e. The Bertz CT molecular complexity index is 595. The maximum absolute atomic E-state index is 12.3. The molecule has 0 saturated carbocycles. The van der Waals surface area contributed by atoms with Gasteiger partial charge in [-0.15, -0.1) is 4.83 Å². The van der Waals surface area contributed by atoms with Crippen molar-refractivity contribution < 1.29 is 8.42 Å². The van der Waals surface area contributed by atoms with E-state index in [9.17, 15) is 8.42 Å². The van der Waals surface area contributed by atoms with Crippen LogP contribution in [0.15, 0.2) is 29.2 Å². The molecule has 0 bridgehead atoms. The van der Waals surface area contributed by atoms with E-state index in [-0.39, 0.29) is 9.88 Å². The monoisotopic (exact) mass is 314 g/mol. The summed E-state index contributed by atoms with van der Waals surface area (Å²) in [7, 11) is -1.58. The van der Waals surface area contributed by atoms with Gasteiger partial charge in [-0.05, 0) is 19.2 Å². The van der Waals surface area contributed by atoms with Crippen LogP contribution in [0.2, 0.25) is 0 Å². The van der Waals surface area contributed by atoms with Crippen molar-refractivity contribution in [1.82, 2.24) is 14.7 Å². The fourth-order valence-electron chi connectivity index (χ4n) is 1.94. The van der Waals surface area contributed by atoms with Crippen LogP contribution in [0.1, 0.15) is 5.56 Å². The number of rotatable bonds is 4. The molecule has 0 unspecified atom stereocenters. The summed E-state index contributed by atoms with van der Waals surface area (Å²) in [4.78, 5) is 5.09. The zero-order valence-corrected chi connectivity index (χ0v) is 12.9. The number of hydrogen-bond acceptors (Lipinski definition) is 5. The molecule has 0 aliphatic carbocycles. The molecule has 1 aliphatic heterocycles. The Morgan fingerprint density at radius 1 is 1.30 bits per heavy atom. The molecular weight excluding hydrogens is 296 g/mol. The Kier molecular flexibility index (Phi) is 4.71. The summed E-state index contributed by atoms with van der Waals surface area (Å²) in [5, 5.41) is 1.71. The van der Waals surface area contributed by atoms with Crippen molar-refractivity contribution in [2.24, 2.45) is 5.73 Å². The maximum Gasteiger partial charge on any atom is 0.253 e. The normalized spacial score (nSPS) is 18.1. The van der Waals surface area contributed by atoms with Gasteiger partial charge < -0.3 is 10.6 Å². The molecule has 6 nitrogen and oxygen atoms in total. The smallest absolute Gasteiger partial charge is 0.253 e. The molecule has 1 aromatic carbocycles. The van der Waals surface area contributed by atoms with Gasteiger partial charge in [-0.3, -0.25) is 0 Å². The molecule has 1 saturated heterocycles. The minimum Gasteiger partial charge on any atom is -0.389 e. The van der Waals surface area contributed by atoms with Crippen LogP contribution >= 0.6 is 12.2 Å². The van der Waals surface area contributed by atoms with Crippen LogP contribution in [0.5, 0.6) is 0 Å². The Labute approximate surface area is 124 Å². The zero-order valence-electron chi connectivity index (χ0n) is 11.2. The molecule has 1 fully saturated rings. The first-order valence-corrected chi connectivity index (χ1v) is 8.13. The van der Waals surface area contributed by atoms with Crippen LogP contribution in [0.3, 0.4) is 0 Å². The van der Waals surface area contributed by atoms with E-state index in [1.807, 2.05) is 7.05 Å². The second-order valence-corrected chi connectivity index (χ2v) is 6.88. The summed E-state index contributed by atoms with van der Waals surface area (Å²) in [5.41, 5.74) is 6.07. The minimum atomic E-state index is -3.59. The summed E-state index contributed by atoms with van der Waals surface area (Å²) >= 11 is 4.87. The molecule has 8 heteroatoms. The molecule has 20 heavy (non-hydrogen) atoms. The van der Waals surface area contributed by atoms with Crippen molar-refractivity contribution >= 4 is 27.2 Å². The highest BCUT2D eigenvalue weighted by molar-refractivity contribution is 7.89. The van der Waals surface area contributed by atoms with E-state index in [2.05, 4.69) is 9.73 Å². The van der Waals surface area contributed by atoms with Crippen LogP contribution in [0, 0.1) is 0 Å². The quantitative estimate of drug-likeness (QED) is 0.747. The van der Waals surface area contributed by atoms with Gasteiger partial charge >= 0.3 is 0 Å². The molecule has 3 N–H and O–H groups in total. The van der Waals surface area contributed by atoms with E-state index in [4.69, 9.17) is 18.0 Å². The van der Waals surface area contributed by atoms with Gasteiger partial charge in [0.1, 0.15) is 4.99 Å². The van der Waals surface area contributed by atoms with Gasteiger partial charge in [-0.1, -0.05) is 24.4 Å². The fraction of sp³-hybridized carbons (Fsp3) is 0.417. The van der Waals surface area contributed by atoms with Gasteiger partial charge in [0, 0.05) is 31.7 Å². The van der Waals surface area contributed by atoms with E-state index in [1.165, 1.54) is 12.1 Å². The number of hydrazine groups is 1. The van der Waals surface area contributed by atoms with Crippen LogP contribution in [-0.4, -0.2) is 56.5 Å². The highest BCUT2D eigenvalue weighted by Gasteiger charge is 2.21. The topological polar surface area (TPSA) is 78.7 Å².